The molecule has 1 fully saturated rings. The summed E-state index contributed by atoms with van der Waals surface area (Å²) in [7, 11) is -2.82. The third-order valence-electron chi connectivity index (χ3n) is 13.6. The zero-order valence-corrected chi connectivity index (χ0v) is 40.6. The molecule has 2 atom stereocenters. The number of benzene rings is 6. The van der Waals surface area contributed by atoms with E-state index in [2.05, 4.69) is 208 Å². The van der Waals surface area contributed by atoms with Gasteiger partial charge in [-0.1, -0.05) is 0 Å². The monoisotopic (exact) mass is 928 g/mol. The molecule has 0 nitrogen and oxygen atoms in total. The Kier molecular flexibility index (Phi) is 8.97. The number of allylic oxidation sites excluding steroid dienone is 2. The fraction of sp³-hybridized carbons (Fsp3) is 0.245. The van der Waals surface area contributed by atoms with Crippen LogP contribution in [-0.4, -0.2) is 16.1 Å². The topological polar surface area (TPSA) is 0 Å². The fourth-order valence-electron chi connectivity index (χ4n) is 10.6. The quantitative estimate of drug-likeness (QED) is 0.146. The predicted molar refractivity (Wildman–Crippen MR) is 246 cm³/mol. The van der Waals surface area contributed by atoms with E-state index in [4.69, 9.17) is 0 Å². The van der Waals surface area contributed by atoms with Crippen LogP contribution >= 0.6 is 0 Å². The minimum atomic E-state index is -3.41. The molecule has 0 N–H and O–H groups in total. The molecule has 3 heteroatoms. The second kappa shape index (κ2) is 13.3. The Balaban J connectivity index is 1.34. The number of hydrogen-bond acceptors (Lipinski definition) is 0. The van der Waals surface area contributed by atoms with Gasteiger partial charge in [0.2, 0.25) is 0 Å². The summed E-state index contributed by atoms with van der Waals surface area (Å²) in [4.78, 5) is 0. The van der Waals surface area contributed by atoms with Crippen LogP contribution in [0.15, 0.2) is 145 Å². The van der Waals surface area contributed by atoms with E-state index in [1.807, 2.05) is 0 Å². The van der Waals surface area contributed by atoms with Crippen LogP contribution in [0.25, 0.3) is 34.4 Å². The van der Waals surface area contributed by atoms with E-state index in [0.717, 1.165) is 0 Å². The number of aryl methyl sites for hydroxylation is 2. The molecule has 0 bridgehead atoms. The van der Waals surface area contributed by atoms with Crippen molar-refractivity contribution in [2.24, 2.45) is 0 Å². The second-order valence-electron chi connectivity index (χ2n) is 19.6. The molecule has 3 aliphatic rings. The molecule has 9 rings (SSSR count). The van der Waals surface area contributed by atoms with E-state index in [-0.39, 0.29) is 0 Å². The molecule has 0 saturated carbocycles. The molecule has 1 saturated heterocycles. The summed E-state index contributed by atoms with van der Waals surface area (Å²) in [6, 6.07) is 52.9. The molecule has 0 spiro atoms. The van der Waals surface area contributed by atoms with Crippen LogP contribution in [0.5, 0.6) is 0 Å². The predicted octanol–water partition coefficient (Wildman–Crippen LogP) is 13.6. The molecule has 2 unspecified atom stereocenters. The maximum absolute atomic E-state index is 3.41. The molecule has 2 aliphatic carbocycles. The van der Waals surface area contributed by atoms with E-state index < -0.39 is 41.5 Å². The number of hydrogen-bond donors (Lipinski definition) is 0. The zero-order chi connectivity index (χ0) is 39.4. The number of rotatable bonds is 6. The molecule has 280 valence electrons. The molecule has 1 aliphatic heterocycles. The first-order valence-electron chi connectivity index (χ1n) is 20.7. The molecule has 6 aromatic carbocycles. The molecular formula is C53H56HfSi2. The summed E-state index contributed by atoms with van der Waals surface area (Å²) in [5, 5.41) is 3.03. The van der Waals surface area contributed by atoms with Gasteiger partial charge in [-0.25, -0.2) is 0 Å². The normalized spacial score (nSPS) is 19.0. The Morgan fingerprint density at radius 2 is 0.804 bits per heavy atom. The standard InChI is InChI=1S/C51H50Si2.2CH3.Hf/c1-35-15-23-41(24-16-35)51(42-25-17-36(2)18-26-42,43-31-39-11-9-13-47(49(39)33-43)37-19-27-45(28-20-37)52(3,4)5)44-32-40-12-10-14-48(50(40)34-44)38-21-29-46(30-22-38)53(6,7)8;;;/h9-34H,1-8H3;2*1H3;. The summed E-state index contributed by atoms with van der Waals surface area (Å²) in [6.45, 7) is 19.1. The van der Waals surface area contributed by atoms with Crippen molar-refractivity contribution in [2.45, 2.75) is 75.3 Å². The van der Waals surface area contributed by atoms with Gasteiger partial charge in [-0.15, -0.1) is 0 Å². The van der Waals surface area contributed by atoms with Crippen molar-refractivity contribution in [2.75, 3.05) is 0 Å². The Morgan fingerprint density at radius 3 is 1.14 bits per heavy atom. The van der Waals surface area contributed by atoms with Gasteiger partial charge in [0.1, 0.15) is 0 Å². The van der Waals surface area contributed by atoms with Crippen LogP contribution in [-0.2, 0) is 25.4 Å². The van der Waals surface area contributed by atoms with Crippen molar-refractivity contribution >= 4 is 38.7 Å². The number of fused-ring (bicyclic) bond motifs is 6. The van der Waals surface area contributed by atoms with Crippen LogP contribution in [0.1, 0.15) is 51.9 Å². The molecule has 0 radical (unpaired) electrons. The van der Waals surface area contributed by atoms with Gasteiger partial charge in [0.15, 0.2) is 0 Å². The first kappa shape index (κ1) is 37.7. The molecule has 6 aromatic rings. The first-order chi connectivity index (χ1) is 26.6. The average molecular weight is 928 g/mol. The average Bonchev–Trinajstić information content (AvgIpc) is 3.77. The van der Waals surface area contributed by atoms with Crippen molar-refractivity contribution in [1.82, 2.24) is 0 Å². The van der Waals surface area contributed by atoms with Crippen molar-refractivity contribution < 1.29 is 20.0 Å². The van der Waals surface area contributed by atoms with Crippen molar-refractivity contribution in [3.63, 3.8) is 0 Å². The van der Waals surface area contributed by atoms with Crippen LogP contribution in [0, 0.1) is 13.8 Å². The van der Waals surface area contributed by atoms with Gasteiger partial charge in [0, 0.05) is 0 Å². The Hall–Kier alpha value is -3.90. The SMILES string of the molecule is Cc1ccc(C2(c3ccc(C)cc3)C3=Cc4c(-c5ccc([Si](C)(C)C)cc5)cccc4[CH]3[Hf]([CH3])([CH3])[CH]3C2=Cc2c(-c4ccc([Si](C)(C)C)cc4)cccc23)cc1. The molecule has 0 aromatic heterocycles. The first-order valence-corrected chi connectivity index (χ1v) is 39.0. The van der Waals surface area contributed by atoms with Gasteiger partial charge in [-0.3, -0.25) is 0 Å². The van der Waals surface area contributed by atoms with Crippen LogP contribution < -0.4 is 10.4 Å². The van der Waals surface area contributed by atoms with Gasteiger partial charge in [0.25, 0.3) is 0 Å². The third kappa shape index (κ3) is 5.82. The van der Waals surface area contributed by atoms with E-state index in [1.54, 1.807) is 22.3 Å². The van der Waals surface area contributed by atoms with Gasteiger partial charge in [-0.05, 0) is 0 Å². The van der Waals surface area contributed by atoms with E-state index in [1.165, 1.54) is 66.0 Å². The summed E-state index contributed by atoms with van der Waals surface area (Å²) in [5.74, 6) is 0. The zero-order valence-electron chi connectivity index (χ0n) is 35.0. The molecular weight excluding hydrogens is 871 g/mol. The maximum atomic E-state index is 2.78. The van der Waals surface area contributed by atoms with Crippen LogP contribution in [0.4, 0.5) is 0 Å². The van der Waals surface area contributed by atoms with Crippen molar-refractivity contribution in [1.29, 1.82) is 0 Å². The summed E-state index contributed by atoms with van der Waals surface area (Å²) in [6.07, 6.45) is 5.39. The fourth-order valence-corrected chi connectivity index (χ4v) is 29.6. The van der Waals surface area contributed by atoms with Gasteiger partial charge >= 0.3 is 345 Å². The van der Waals surface area contributed by atoms with Gasteiger partial charge < -0.3 is 0 Å². The Morgan fingerprint density at radius 1 is 0.446 bits per heavy atom. The third-order valence-corrected chi connectivity index (χ3v) is 32.9. The van der Waals surface area contributed by atoms with E-state index in [0.29, 0.717) is 7.35 Å². The van der Waals surface area contributed by atoms with Gasteiger partial charge in [-0.2, -0.15) is 0 Å². The molecule has 0 amide bonds. The summed E-state index contributed by atoms with van der Waals surface area (Å²) >= 11 is -3.41. The van der Waals surface area contributed by atoms with E-state index in [9.17, 15) is 0 Å². The Bertz CT molecular complexity index is 2370. The second-order valence-corrected chi connectivity index (χ2v) is 47.0. The summed E-state index contributed by atoms with van der Waals surface area (Å²) < 4.78 is 6.45. The Labute approximate surface area is 342 Å². The van der Waals surface area contributed by atoms with Crippen LogP contribution in [0.2, 0.25) is 48.6 Å². The van der Waals surface area contributed by atoms with E-state index >= 15 is 0 Å². The molecule has 1 heterocycles. The summed E-state index contributed by atoms with van der Waals surface area (Å²) in [5.41, 5.74) is 19.6. The van der Waals surface area contributed by atoms with Gasteiger partial charge in [0.05, 0.1) is 0 Å². The van der Waals surface area contributed by atoms with Crippen LogP contribution in [0.3, 0.4) is 0 Å². The van der Waals surface area contributed by atoms with Crippen molar-refractivity contribution in [3.05, 3.63) is 189 Å². The molecule has 56 heavy (non-hydrogen) atoms. The van der Waals surface area contributed by atoms with Crippen molar-refractivity contribution in [3.8, 4) is 22.3 Å². The minimum absolute atomic E-state index is 0.401.